The van der Waals surface area contributed by atoms with Crippen LogP contribution in [0.4, 0.5) is 5.82 Å². The van der Waals surface area contributed by atoms with Crippen LogP contribution in [-0.2, 0) is 9.53 Å². The molecule has 1 fully saturated rings. The van der Waals surface area contributed by atoms with Crippen LogP contribution in [-0.4, -0.2) is 47.1 Å². The number of carboxylic acids is 1. The molecule has 2 rings (SSSR count). The van der Waals surface area contributed by atoms with Gasteiger partial charge in [0, 0.05) is 13.1 Å². The maximum atomic E-state index is 10.5. The predicted molar refractivity (Wildman–Crippen MR) is 75.0 cm³/mol. The van der Waals surface area contributed by atoms with E-state index in [4.69, 9.17) is 9.84 Å². The molecule has 0 spiro atoms. The van der Waals surface area contributed by atoms with Gasteiger partial charge in [-0.15, -0.1) is 5.10 Å². The highest BCUT2D eigenvalue weighted by Crippen LogP contribution is 2.25. The Kier molecular flexibility index (Phi) is 4.70. The fourth-order valence-corrected chi connectivity index (χ4v) is 2.37. The average Bonchev–Trinajstić information content (AvgIpc) is 2.48. The second-order valence-electron chi connectivity index (χ2n) is 5.11. The standard InChI is InChI=1S/C14H18N4O3/c1-9-10(2)16-17-14(12(9)7-15)18-5-3-11(4-6-18)21-8-13(19)20/h11H,3-6,8H2,1-2H3,(H,19,20). The Morgan fingerprint density at radius 2 is 2.10 bits per heavy atom. The summed E-state index contributed by atoms with van der Waals surface area (Å²) in [5.41, 5.74) is 2.18. The third-order valence-electron chi connectivity index (χ3n) is 3.73. The second-order valence-corrected chi connectivity index (χ2v) is 5.11. The van der Waals surface area contributed by atoms with Crippen molar-refractivity contribution in [3.05, 3.63) is 16.8 Å². The zero-order chi connectivity index (χ0) is 15.4. The van der Waals surface area contributed by atoms with Crippen molar-refractivity contribution in [3.8, 4) is 6.07 Å². The number of rotatable bonds is 4. The lowest BCUT2D eigenvalue weighted by atomic mass is 10.1. The first kappa shape index (κ1) is 15.2. The van der Waals surface area contributed by atoms with Gasteiger partial charge in [-0.25, -0.2) is 4.79 Å². The van der Waals surface area contributed by atoms with Gasteiger partial charge in [-0.2, -0.15) is 10.4 Å². The fourth-order valence-electron chi connectivity index (χ4n) is 2.37. The van der Waals surface area contributed by atoms with Gasteiger partial charge in [0.2, 0.25) is 0 Å². The van der Waals surface area contributed by atoms with E-state index in [-0.39, 0.29) is 12.7 Å². The molecule has 7 heteroatoms. The van der Waals surface area contributed by atoms with Crippen LogP contribution in [0.5, 0.6) is 0 Å². The Hall–Kier alpha value is -2.20. The molecule has 1 aromatic rings. The molecule has 0 aliphatic carbocycles. The van der Waals surface area contributed by atoms with Crippen LogP contribution in [0, 0.1) is 25.2 Å². The summed E-state index contributed by atoms with van der Waals surface area (Å²) in [5, 5.41) is 26.2. The molecule has 2 heterocycles. The number of piperidine rings is 1. The minimum absolute atomic E-state index is 0.0533. The van der Waals surface area contributed by atoms with Crippen molar-refractivity contribution in [2.45, 2.75) is 32.8 Å². The summed E-state index contributed by atoms with van der Waals surface area (Å²) in [4.78, 5) is 12.5. The largest absolute Gasteiger partial charge is 0.480 e. The van der Waals surface area contributed by atoms with Crippen LogP contribution in [0.25, 0.3) is 0 Å². The molecule has 0 atom stereocenters. The van der Waals surface area contributed by atoms with Gasteiger partial charge in [0.15, 0.2) is 5.82 Å². The molecule has 1 aromatic heterocycles. The van der Waals surface area contributed by atoms with E-state index in [1.54, 1.807) is 0 Å². The normalized spacial score (nSPS) is 15.8. The summed E-state index contributed by atoms with van der Waals surface area (Å²) in [7, 11) is 0. The molecule has 1 aliphatic rings. The molecule has 1 saturated heterocycles. The van der Waals surface area contributed by atoms with Crippen LogP contribution in [0.2, 0.25) is 0 Å². The number of carbonyl (C=O) groups is 1. The molecule has 0 bridgehead atoms. The predicted octanol–water partition coefficient (Wildman–Crippen LogP) is 1.04. The van der Waals surface area contributed by atoms with Crippen molar-refractivity contribution in [2.75, 3.05) is 24.6 Å². The van der Waals surface area contributed by atoms with Gasteiger partial charge in [-0.3, -0.25) is 0 Å². The topological polar surface area (TPSA) is 99.3 Å². The number of anilines is 1. The Bertz CT molecular complexity index is 574. The van der Waals surface area contributed by atoms with E-state index < -0.39 is 5.97 Å². The highest BCUT2D eigenvalue weighted by atomic mass is 16.5. The van der Waals surface area contributed by atoms with Crippen LogP contribution in [0.15, 0.2) is 0 Å². The Morgan fingerprint density at radius 1 is 1.43 bits per heavy atom. The fraction of sp³-hybridized carbons (Fsp3) is 0.571. The lowest BCUT2D eigenvalue weighted by Crippen LogP contribution is -2.38. The van der Waals surface area contributed by atoms with E-state index in [0.29, 0.717) is 37.3 Å². The second kappa shape index (κ2) is 6.50. The van der Waals surface area contributed by atoms with E-state index in [2.05, 4.69) is 16.3 Å². The highest BCUT2D eigenvalue weighted by molar-refractivity contribution is 5.68. The van der Waals surface area contributed by atoms with Crippen LogP contribution < -0.4 is 4.90 Å². The van der Waals surface area contributed by atoms with Gasteiger partial charge >= 0.3 is 5.97 Å². The van der Waals surface area contributed by atoms with Crippen LogP contribution >= 0.6 is 0 Å². The van der Waals surface area contributed by atoms with Crippen LogP contribution in [0.1, 0.15) is 29.7 Å². The first-order valence-electron chi connectivity index (χ1n) is 6.85. The maximum absolute atomic E-state index is 10.5. The minimum Gasteiger partial charge on any atom is -0.480 e. The van der Waals surface area contributed by atoms with Crippen molar-refractivity contribution in [2.24, 2.45) is 0 Å². The van der Waals surface area contributed by atoms with Gasteiger partial charge in [-0.1, -0.05) is 0 Å². The summed E-state index contributed by atoms with van der Waals surface area (Å²) in [6.07, 6.45) is 1.38. The lowest BCUT2D eigenvalue weighted by Gasteiger charge is -2.32. The number of aliphatic carboxylic acids is 1. The summed E-state index contributed by atoms with van der Waals surface area (Å²) in [6.45, 7) is 4.79. The summed E-state index contributed by atoms with van der Waals surface area (Å²) in [6, 6.07) is 2.20. The smallest absolute Gasteiger partial charge is 0.329 e. The zero-order valence-electron chi connectivity index (χ0n) is 12.2. The van der Waals surface area contributed by atoms with Gasteiger partial charge in [0.1, 0.15) is 18.2 Å². The lowest BCUT2D eigenvalue weighted by molar-refractivity contribution is -0.144. The maximum Gasteiger partial charge on any atom is 0.329 e. The first-order chi connectivity index (χ1) is 10.0. The number of hydrogen-bond acceptors (Lipinski definition) is 6. The first-order valence-corrected chi connectivity index (χ1v) is 6.85. The number of aryl methyl sites for hydroxylation is 1. The van der Waals surface area contributed by atoms with E-state index in [0.717, 1.165) is 11.3 Å². The Balaban J connectivity index is 2.05. The van der Waals surface area contributed by atoms with Gasteiger partial charge in [0.25, 0.3) is 0 Å². The van der Waals surface area contributed by atoms with E-state index in [9.17, 15) is 10.1 Å². The van der Waals surface area contributed by atoms with Gasteiger partial charge in [-0.05, 0) is 32.3 Å². The summed E-state index contributed by atoms with van der Waals surface area (Å²) < 4.78 is 5.30. The van der Waals surface area contributed by atoms with Crippen molar-refractivity contribution in [1.29, 1.82) is 5.26 Å². The molecule has 1 aliphatic heterocycles. The molecule has 112 valence electrons. The van der Waals surface area contributed by atoms with E-state index in [1.807, 2.05) is 18.7 Å². The number of hydrogen-bond donors (Lipinski definition) is 1. The molecule has 0 amide bonds. The third kappa shape index (κ3) is 3.47. The van der Waals surface area contributed by atoms with E-state index in [1.165, 1.54) is 0 Å². The average molecular weight is 290 g/mol. The molecular formula is C14H18N4O3. The van der Waals surface area contributed by atoms with E-state index >= 15 is 0 Å². The minimum atomic E-state index is -0.954. The molecule has 0 radical (unpaired) electrons. The number of aromatic nitrogens is 2. The van der Waals surface area contributed by atoms with Crippen molar-refractivity contribution in [3.63, 3.8) is 0 Å². The number of nitrogens with zero attached hydrogens (tertiary/aromatic N) is 4. The van der Waals surface area contributed by atoms with Crippen molar-refractivity contribution in [1.82, 2.24) is 10.2 Å². The number of carboxylic acid groups (broad SMARTS) is 1. The quantitative estimate of drug-likeness (QED) is 0.884. The Labute approximate surface area is 123 Å². The van der Waals surface area contributed by atoms with Crippen molar-refractivity contribution >= 4 is 11.8 Å². The SMILES string of the molecule is Cc1nnc(N2CCC(OCC(=O)O)CC2)c(C#N)c1C. The molecule has 0 saturated carbocycles. The summed E-state index contributed by atoms with van der Waals surface area (Å²) in [5.74, 6) is -0.346. The van der Waals surface area contributed by atoms with Crippen molar-refractivity contribution < 1.29 is 14.6 Å². The third-order valence-corrected chi connectivity index (χ3v) is 3.73. The molecule has 1 N–H and O–H groups in total. The summed E-state index contributed by atoms with van der Waals surface area (Å²) >= 11 is 0. The molecule has 21 heavy (non-hydrogen) atoms. The molecule has 0 aromatic carbocycles. The molecular weight excluding hydrogens is 272 g/mol. The van der Waals surface area contributed by atoms with Gasteiger partial charge < -0.3 is 14.7 Å². The number of nitriles is 1. The Morgan fingerprint density at radius 3 is 2.67 bits per heavy atom. The highest BCUT2D eigenvalue weighted by Gasteiger charge is 2.24. The molecule has 7 nitrogen and oxygen atoms in total. The monoisotopic (exact) mass is 290 g/mol. The number of ether oxygens (including phenoxy) is 1. The zero-order valence-corrected chi connectivity index (χ0v) is 12.2. The van der Waals surface area contributed by atoms with Crippen LogP contribution in [0.3, 0.4) is 0 Å². The molecule has 0 unspecified atom stereocenters. The van der Waals surface area contributed by atoms with Gasteiger partial charge in [0.05, 0.1) is 11.8 Å².